The molecule has 0 atom stereocenters. The van der Waals surface area contributed by atoms with E-state index in [2.05, 4.69) is 0 Å². The van der Waals surface area contributed by atoms with Crippen LogP contribution in [0.15, 0.2) is 48.7 Å². The van der Waals surface area contributed by atoms with Crippen molar-refractivity contribution in [3.05, 3.63) is 59.9 Å². The molecule has 1 aromatic heterocycles. The van der Waals surface area contributed by atoms with Gasteiger partial charge in [0, 0.05) is 19.2 Å². The first-order chi connectivity index (χ1) is 8.72. The number of Topliss-reactive ketones (excluding diaryl/α,β-unsaturated/α-hetero) is 1. The smallest absolute Gasteiger partial charge is 0.198 e. The van der Waals surface area contributed by atoms with Crippen LogP contribution in [0, 0.1) is 0 Å². The van der Waals surface area contributed by atoms with Gasteiger partial charge < -0.3 is 4.74 Å². The lowest BCUT2D eigenvalue weighted by atomic mass is 10.2. The highest BCUT2D eigenvalue weighted by Gasteiger charge is 2.09. The van der Waals surface area contributed by atoms with Gasteiger partial charge in [-0.25, -0.2) is 0 Å². The van der Waals surface area contributed by atoms with Crippen LogP contribution >= 0.6 is 0 Å². The lowest BCUT2D eigenvalue weighted by Gasteiger charge is -2.10. The molecule has 3 heteroatoms. The molecular weight excluding hydrogens is 226 g/mol. The first-order valence-electron chi connectivity index (χ1n) is 5.72. The van der Waals surface area contributed by atoms with Crippen molar-refractivity contribution < 1.29 is 9.53 Å². The van der Waals surface area contributed by atoms with Crippen molar-refractivity contribution in [1.29, 1.82) is 0 Å². The van der Waals surface area contributed by atoms with Crippen LogP contribution in [0.4, 0.5) is 0 Å². The lowest BCUT2D eigenvalue weighted by Crippen LogP contribution is -2.06. The summed E-state index contributed by atoms with van der Waals surface area (Å²) in [6, 6.07) is 13.4. The van der Waals surface area contributed by atoms with Crippen LogP contribution < -0.4 is 0 Å². The van der Waals surface area contributed by atoms with E-state index in [4.69, 9.17) is 4.74 Å². The predicted molar refractivity (Wildman–Crippen MR) is 72.1 cm³/mol. The van der Waals surface area contributed by atoms with E-state index in [1.54, 1.807) is 24.7 Å². The number of ether oxygens (including phenoxy) is 1. The number of methoxy groups -OCH3 is 1. The molecule has 3 nitrogen and oxygen atoms in total. The van der Waals surface area contributed by atoms with Crippen molar-refractivity contribution in [3.63, 3.8) is 0 Å². The molecule has 2 aromatic rings. The molecule has 0 amide bonds. The third-order valence-electron chi connectivity index (χ3n) is 2.65. The maximum absolute atomic E-state index is 11.5. The van der Waals surface area contributed by atoms with Crippen LogP contribution in [0.1, 0.15) is 23.0 Å². The fraction of sp³-hybridized carbons (Fsp3) is 0.133. The zero-order valence-electron chi connectivity index (χ0n) is 10.5. The van der Waals surface area contributed by atoms with Gasteiger partial charge in [-0.1, -0.05) is 30.3 Å². The van der Waals surface area contributed by atoms with Gasteiger partial charge in [0.05, 0.1) is 12.8 Å². The Morgan fingerprint density at radius 2 is 1.89 bits per heavy atom. The van der Waals surface area contributed by atoms with E-state index in [1.807, 2.05) is 48.7 Å². The minimum Gasteiger partial charge on any atom is -0.482 e. The Morgan fingerprint density at radius 1 is 1.17 bits per heavy atom. The minimum absolute atomic E-state index is 0.0102. The fourth-order valence-electron chi connectivity index (χ4n) is 1.78. The highest BCUT2D eigenvalue weighted by Crippen LogP contribution is 2.16. The van der Waals surface area contributed by atoms with E-state index in [-0.39, 0.29) is 5.78 Å². The first kappa shape index (κ1) is 12.2. The number of nitrogens with zero attached hydrogens (tertiary/aromatic N) is 1. The monoisotopic (exact) mass is 241 g/mol. The van der Waals surface area contributed by atoms with Crippen molar-refractivity contribution in [2.24, 2.45) is 0 Å². The lowest BCUT2D eigenvalue weighted by molar-refractivity contribution is 0.101. The Labute approximate surface area is 106 Å². The van der Waals surface area contributed by atoms with Crippen LogP contribution in [-0.2, 0) is 4.74 Å². The van der Waals surface area contributed by atoms with Gasteiger partial charge >= 0.3 is 0 Å². The van der Waals surface area contributed by atoms with Crippen molar-refractivity contribution in [1.82, 2.24) is 4.57 Å². The molecule has 1 heterocycles. The summed E-state index contributed by atoms with van der Waals surface area (Å²) in [5, 5.41) is 0. The molecule has 0 fully saturated rings. The molecular formula is C15H15NO2. The van der Waals surface area contributed by atoms with Crippen molar-refractivity contribution in [3.8, 4) is 0 Å². The summed E-state index contributed by atoms with van der Waals surface area (Å²) >= 11 is 0. The van der Waals surface area contributed by atoms with Gasteiger partial charge in [-0.15, -0.1) is 0 Å². The molecule has 92 valence electrons. The summed E-state index contributed by atoms with van der Waals surface area (Å²) in [5.41, 5.74) is 1.64. The molecule has 0 aliphatic heterocycles. The van der Waals surface area contributed by atoms with Gasteiger partial charge in [0.2, 0.25) is 0 Å². The van der Waals surface area contributed by atoms with Gasteiger partial charge in [0.15, 0.2) is 11.7 Å². The van der Waals surface area contributed by atoms with E-state index in [9.17, 15) is 4.79 Å². The number of aromatic nitrogens is 1. The molecule has 2 rings (SSSR count). The first-order valence-corrected chi connectivity index (χ1v) is 5.72. The normalized spacial score (nSPS) is 11.3. The maximum atomic E-state index is 11.5. The molecule has 0 radical (unpaired) electrons. The minimum atomic E-state index is 0.0102. The Bertz CT molecular complexity index is 567. The molecule has 0 bridgehead atoms. The van der Waals surface area contributed by atoms with E-state index in [0.29, 0.717) is 11.6 Å². The molecule has 0 saturated heterocycles. The topological polar surface area (TPSA) is 31.2 Å². The number of rotatable bonds is 4. The summed E-state index contributed by atoms with van der Waals surface area (Å²) in [7, 11) is 1.60. The second kappa shape index (κ2) is 5.36. The van der Waals surface area contributed by atoms with Gasteiger partial charge in [0.25, 0.3) is 0 Å². The van der Waals surface area contributed by atoms with Gasteiger partial charge in [-0.2, -0.15) is 0 Å². The molecule has 0 spiro atoms. The van der Waals surface area contributed by atoms with Gasteiger partial charge in [0.1, 0.15) is 0 Å². The standard InChI is InChI=1S/C15H15NO2/c1-12(17)14-9-6-10-16(14)15(18-2)11-13-7-4-3-5-8-13/h3-11H,1-2H3/b15-11+. The molecule has 0 N–H and O–H groups in total. The quantitative estimate of drug-likeness (QED) is 0.607. The highest BCUT2D eigenvalue weighted by molar-refractivity contribution is 5.94. The maximum Gasteiger partial charge on any atom is 0.198 e. The average molecular weight is 241 g/mol. The third-order valence-corrected chi connectivity index (χ3v) is 2.65. The second-order valence-corrected chi connectivity index (χ2v) is 3.92. The predicted octanol–water partition coefficient (Wildman–Crippen LogP) is 3.29. The van der Waals surface area contributed by atoms with Crippen LogP contribution in [0.5, 0.6) is 0 Å². The molecule has 0 aliphatic carbocycles. The molecule has 0 unspecified atom stereocenters. The van der Waals surface area contributed by atoms with Crippen LogP contribution in [0.2, 0.25) is 0 Å². The van der Waals surface area contributed by atoms with E-state index in [0.717, 1.165) is 5.56 Å². The number of benzene rings is 1. The average Bonchev–Trinajstić information content (AvgIpc) is 2.86. The summed E-state index contributed by atoms with van der Waals surface area (Å²) < 4.78 is 7.11. The molecule has 0 aliphatic rings. The highest BCUT2D eigenvalue weighted by atomic mass is 16.5. The number of hydrogen-bond acceptors (Lipinski definition) is 2. The van der Waals surface area contributed by atoms with Crippen LogP contribution in [-0.4, -0.2) is 17.5 Å². The van der Waals surface area contributed by atoms with Crippen molar-refractivity contribution in [2.75, 3.05) is 7.11 Å². The third kappa shape index (κ3) is 2.51. The number of hydrogen-bond donors (Lipinski definition) is 0. The summed E-state index contributed by atoms with van der Waals surface area (Å²) in [6.07, 6.45) is 3.71. The Morgan fingerprint density at radius 3 is 2.50 bits per heavy atom. The van der Waals surface area contributed by atoms with E-state index >= 15 is 0 Å². The zero-order chi connectivity index (χ0) is 13.0. The van der Waals surface area contributed by atoms with Crippen molar-refractivity contribution >= 4 is 17.7 Å². The van der Waals surface area contributed by atoms with Crippen molar-refractivity contribution in [2.45, 2.75) is 6.92 Å². The van der Waals surface area contributed by atoms with Crippen LogP contribution in [0.3, 0.4) is 0 Å². The molecule has 1 aromatic carbocycles. The number of carbonyl (C=O) groups excluding carboxylic acids is 1. The summed E-state index contributed by atoms with van der Waals surface area (Å²) in [5.74, 6) is 0.632. The summed E-state index contributed by atoms with van der Waals surface area (Å²) in [4.78, 5) is 11.5. The second-order valence-electron chi connectivity index (χ2n) is 3.92. The Kier molecular flexibility index (Phi) is 3.63. The summed E-state index contributed by atoms with van der Waals surface area (Å²) in [6.45, 7) is 1.54. The Balaban J connectivity index is 2.43. The van der Waals surface area contributed by atoms with Gasteiger partial charge in [-0.3, -0.25) is 9.36 Å². The van der Waals surface area contributed by atoms with E-state index < -0.39 is 0 Å². The zero-order valence-corrected chi connectivity index (χ0v) is 10.5. The number of ketones is 1. The SMILES string of the molecule is CO/C(=C/c1ccccc1)n1cccc1C(C)=O. The molecule has 0 saturated carbocycles. The fourth-order valence-corrected chi connectivity index (χ4v) is 1.78. The largest absolute Gasteiger partial charge is 0.482 e. The van der Waals surface area contributed by atoms with E-state index in [1.165, 1.54) is 0 Å². The molecule has 18 heavy (non-hydrogen) atoms. The van der Waals surface area contributed by atoms with Crippen LogP contribution in [0.25, 0.3) is 12.0 Å². The Hall–Kier alpha value is -2.29. The number of carbonyl (C=O) groups is 1. The van der Waals surface area contributed by atoms with Gasteiger partial charge in [-0.05, 0) is 17.7 Å².